The van der Waals surface area contributed by atoms with Gasteiger partial charge in [-0.05, 0) is 61.7 Å². The number of anilines is 1. The second kappa shape index (κ2) is 8.84. The van der Waals surface area contributed by atoms with Crippen molar-refractivity contribution in [3.63, 3.8) is 0 Å². The molecule has 32 heavy (non-hydrogen) atoms. The molecule has 0 bridgehead atoms. The molecule has 1 atom stereocenters. The van der Waals surface area contributed by atoms with E-state index >= 15 is 0 Å². The van der Waals surface area contributed by atoms with E-state index in [1.54, 1.807) is 36.4 Å². The number of aryl methyl sites for hydroxylation is 1. The maximum atomic E-state index is 14.1. The Morgan fingerprint density at radius 2 is 1.94 bits per heavy atom. The summed E-state index contributed by atoms with van der Waals surface area (Å²) >= 11 is 0. The third-order valence-corrected chi connectivity index (χ3v) is 6.36. The van der Waals surface area contributed by atoms with Gasteiger partial charge in [-0.25, -0.2) is 4.39 Å². The molecule has 0 unspecified atom stereocenters. The van der Waals surface area contributed by atoms with E-state index in [1.807, 2.05) is 13.0 Å². The molecule has 3 heterocycles. The molecule has 3 aromatic rings. The number of rotatable bonds is 5. The quantitative estimate of drug-likeness (QED) is 0.626. The number of aromatic hydroxyl groups is 1. The second-order valence-electron chi connectivity index (χ2n) is 8.64. The predicted octanol–water partition coefficient (Wildman–Crippen LogP) is 4.24. The molecule has 2 N–H and O–H groups in total. The molecule has 2 saturated heterocycles. The molecule has 2 aliphatic rings. The molecule has 0 radical (unpaired) electrons. The van der Waals surface area contributed by atoms with E-state index in [0.717, 1.165) is 50.5 Å². The smallest absolute Gasteiger partial charge is 0.149 e. The van der Waals surface area contributed by atoms with E-state index in [-0.39, 0.29) is 11.6 Å². The summed E-state index contributed by atoms with van der Waals surface area (Å²) in [6.07, 6.45) is 2.26. The molecule has 0 aliphatic carbocycles. The number of nitrogens with one attached hydrogen (secondary N) is 1. The largest absolute Gasteiger partial charge is 0.507 e. The third kappa shape index (κ3) is 4.18. The molecule has 5 rings (SSSR count). The Balaban J connectivity index is 1.32. The van der Waals surface area contributed by atoms with Crippen molar-refractivity contribution in [2.24, 2.45) is 0 Å². The molecule has 0 saturated carbocycles. The zero-order valence-electron chi connectivity index (χ0n) is 18.1. The Labute approximate surface area is 187 Å². The Hall–Kier alpha value is -3.03. The summed E-state index contributed by atoms with van der Waals surface area (Å²) < 4.78 is 19.4. The van der Waals surface area contributed by atoms with Crippen LogP contribution in [0, 0.1) is 12.7 Å². The fourth-order valence-electron chi connectivity index (χ4n) is 4.52. The maximum absolute atomic E-state index is 14.1. The summed E-state index contributed by atoms with van der Waals surface area (Å²) in [5.74, 6) is 0.470. The van der Waals surface area contributed by atoms with Crippen LogP contribution in [-0.2, 0) is 4.74 Å². The van der Waals surface area contributed by atoms with E-state index in [4.69, 9.17) is 4.74 Å². The predicted molar refractivity (Wildman–Crippen MR) is 122 cm³/mol. The summed E-state index contributed by atoms with van der Waals surface area (Å²) in [7, 11) is 0. The number of piperidine rings is 1. The van der Waals surface area contributed by atoms with E-state index < -0.39 is 0 Å². The van der Waals surface area contributed by atoms with Gasteiger partial charge in [-0.2, -0.15) is 0 Å². The summed E-state index contributed by atoms with van der Waals surface area (Å²) in [4.78, 5) is 2.49. The highest BCUT2D eigenvalue weighted by molar-refractivity contribution is 5.76. The molecule has 2 aromatic carbocycles. The Morgan fingerprint density at radius 1 is 1.09 bits per heavy atom. The highest BCUT2D eigenvalue weighted by Gasteiger charge is 2.30. The van der Waals surface area contributed by atoms with Gasteiger partial charge in [0.05, 0.1) is 24.9 Å². The number of nitrogens with zero attached hydrogens (tertiary/aromatic N) is 3. The Morgan fingerprint density at radius 3 is 2.66 bits per heavy atom. The minimum Gasteiger partial charge on any atom is -0.507 e. The molecular weight excluding hydrogens is 407 g/mol. The van der Waals surface area contributed by atoms with Crippen LogP contribution in [0.4, 0.5) is 10.2 Å². The van der Waals surface area contributed by atoms with Gasteiger partial charge in [0.15, 0.2) is 0 Å². The van der Waals surface area contributed by atoms with E-state index in [2.05, 4.69) is 20.4 Å². The molecule has 2 aliphatic heterocycles. The molecule has 0 spiro atoms. The lowest BCUT2D eigenvalue weighted by atomic mass is 9.99. The average molecular weight is 435 g/mol. The fourth-order valence-corrected chi connectivity index (χ4v) is 4.52. The summed E-state index contributed by atoms with van der Waals surface area (Å²) in [5, 5.41) is 22.9. The van der Waals surface area contributed by atoms with Gasteiger partial charge < -0.3 is 15.2 Å². The topological polar surface area (TPSA) is 70.5 Å². The van der Waals surface area contributed by atoms with Gasteiger partial charge in [-0.15, -0.1) is 10.2 Å². The number of hydrogen-bond acceptors (Lipinski definition) is 6. The highest BCUT2D eigenvalue weighted by Crippen LogP contribution is 2.35. The molecule has 1 aromatic heterocycles. The SMILES string of the molecule is Cc1cc(N[C@@H]2CCCN(C3COC3)C2)nnc1-c1ccc(-c2ccccc2F)cc1O. The zero-order valence-corrected chi connectivity index (χ0v) is 18.1. The van der Waals surface area contributed by atoms with Crippen molar-refractivity contribution in [2.75, 3.05) is 31.6 Å². The zero-order chi connectivity index (χ0) is 22.1. The van der Waals surface area contributed by atoms with Crippen LogP contribution < -0.4 is 5.32 Å². The van der Waals surface area contributed by atoms with Gasteiger partial charge in [-0.1, -0.05) is 24.3 Å². The van der Waals surface area contributed by atoms with Crippen molar-refractivity contribution in [3.05, 3.63) is 59.9 Å². The van der Waals surface area contributed by atoms with E-state index in [9.17, 15) is 9.50 Å². The number of phenols is 1. The van der Waals surface area contributed by atoms with Crippen molar-refractivity contribution >= 4 is 5.82 Å². The number of phenolic OH excluding ortho intramolecular Hbond substituents is 1. The molecule has 166 valence electrons. The second-order valence-corrected chi connectivity index (χ2v) is 8.64. The molecule has 6 nitrogen and oxygen atoms in total. The van der Waals surface area contributed by atoms with Gasteiger partial charge in [0.2, 0.25) is 0 Å². The fraction of sp³-hybridized carbons (Fsp3) is 0.360. The summed E-state index contributed by atoms with van der Waals surface area (Å²) in [6.45, 7) is 5.73. The first-order chi connectivity index (χ1) is 15.6. The van der Waals surface area contributed by atoms with Crippen molar-refractivity contribution in [3.8, 4) is 28.1 Å². The maximum Gasteiger partial charge on any atom is 0.149 e. The van der Waals surface area contributed by atoms with Crippen LogP contribution in [0.15, 0.2) is 48.5 Å². The van der Waals surface area contributed by atoms with Crippen LogP contribution in [-0.4, -0.2) is 58.6 Å². The number of halogens is 1. The van der Waals surface area contributed by atoms with Gasteiger partial charge in [0, 0.05) is 23.7 Å². The van der Waals surface area contributed by atoms with E-state index in [1.165, 1.54) is 6.07 Å². The number of aromatic nitrogens is 2. The van der Waals surface area contributed by atoms with Crippen LogP contribution in [0.2, 0.25) is 0 Å². The van der Waals surface area contributed by atoms with Crippen molar-refractivity contribution in [1.29, 1.82) is 0 Å². The van der Waals surface area contributed by atoms with Crippen molar-refractivity contribution < 1.29 is 14.2 Å². The van der Waals surface area contributed by atoms with Crippen LogP contribution in [0.5, 0.6) is 5.75 Å². The van der Waals surface area contributed by atoms with Gasteiger partial charge in [-0.3, -0.25) is 4.90 Å². The van der Waals surface area contributed by atoms with E-state index in [0.29, 0.717) is 34.5 Å². The normalized spacial score (nSPS) is 19.5. The first-order valence-corrected chi connectivity index (χ1v) is 11.1. The number of ether oxygens (including phenoxy) is 1. The lowest BCUT2D eigenvalue weighted by Crippen LogP contribution is -2.54. The number of likely N-dealkylation sites (tertiary alicyclic amines) is 1. The van der Waals surface area contributed by atoms with Gasteiger partial charge in [0.1, 0.15) is 17.4 Å². The average Bonchev–Trinajstić information content (AvgIpc) is 2.74. The van der Waals surface area contributed by atoms with Crippen LogP contribution >= 0.6 is 0 Å². The number of hydrogen-bond donors (Lipinski definition) is 2. The number of benzene rings is 2. The van der Waals surface area contributed by atoms with Gasteiger partial charge >= 0.3 is 0 Å². The minimum absolute atomic E-state index is 0.0505. The highest BCUT2D eigenvalue weighted by atomic mass is 19.1. The monoisotopic (exact) mass is 434 g/mol. The summed E-state index contributed by atoms with van der Waals surface area (Å²) in [6, 6.07) is 14.5. The molecule has 7 heteroatoms. The molecule has 2 fully saturated rings. The summed E-state index contributed by atoms with van der Waals surface area (Å²) in [5.41, 5.74) is 3.18. The lowest BCUT2D eigenvalue weighted by molar-refractivity contribution is -0.0710. The lowest BCUT2D eigenvalue weighted by Gasteiger charge is -2.42. The van der Waals surface area contributed by atoms with Crippen LogP contribution in [0.3, 0.4) is 0 Å². The molecular formula is C25H27FN4O2. The minimum atomic E-state index is -0.322. The van der Waals surface area contributed by atoms with Gasteiger partial charge in [0.25, 0.3) is 0 Å². The van der Waals surface area contributed by atoms with Crippen LogP contribution in [0.25, 0.3) is 22.4 Å². The standard InChI is InChI=1S/C25H27FN4O2/c1-16-11-24(27-18-5-4-10-30(13-18)19-14-32-15-19)28-29-25(16)21-9-8-17(12-23(21)31)20-6-2-3-7-22(20)26/h2-3,6-9,11-12,18-19,31H,4-5,10,13-15H2,1H3,(H,27,28)/t18-/m1/s1. The first kappa shape index (κ1) is 20.8. The van der Waals surface area contributed by atoms with Crippen molar-refractivity contribution in [2.45, 2.75) is 31.8 Å². The van der Waals surface area contributed by atoms with Crippen molar-refractivity contribution in [1.82, 2.24) is 15.1 Å². The molecule has 0 amide bonds. The van der Waals surface area contributed by atoms with Crippen LogP contribution in [0.1, 0.15) is 18.4 Å². The Bertz CT molecular complexity index is 1120. The Kier molecular flexibility index (Phi) is 5.76. The first-order valence-electron chi connectivity index (χ1n) is 11.1. The third-order valence-electron chi connectivity index (χ3n) is 6.36.